The molecule has 1 aromatic heterocycles. The van der Waals surface area contributed by atoms with Gasteiger partial charge in [0.1, 0.15) is 5.75 Å². The van der Waals surface area contributed by atoms with Gasteiger partial charge in [-0.2, -0.15) is 5.10 Å². The van der Waals surface area contributed by atoms with Crippen molar-refractivity contribution >= 4 is 5.91 Å². The third-order valence-corrected chi connectivity index (χ3v) is 4.31. The fraction of sp³-hybridized carbons (Fsp3) is 0.474. The van der Waals surface area contributed by atoms with Gasteiger partial charge in [0.2, 0.25) is 0 Å². The molecule has 1 aliphatic heterocycles. The highest BCUT2D eigenvalue weighted by molar-refractivity contribution is 5.78. The summed E-state index contributed by atoms with van der Waals surface area (Å²) in [4.78, 5) is 14.3. The van der Waals surface area contributed by atoms with Gasteiger partial charge in [0, 0.05) is 30.8 Å². The minimum Gasteiger partial charge on any atom is -0.484 e. The number of carbonyl (C=O) groups is 1. The van der Waals surface area contributed by atoms with Gasteiger partial charge in [-0.05, 0) is 39.8 Å². The second-order valence-corrected chi connectivity index (χ2v) is 7.37. The van der Waals surface area contributed by atoms with Crippen molar-refractivity contribution in [1.29, 1.82) is 0 Å². The summed E-state index contributed by atoms with van der Waals surface area (Å²) in [6.45, 7) is 9.86. The second-order valence-electron chi connectivity index (χ2n) is 7.37. The van der Waals surface area contributed by atoms with Crippen molar-refractivity contribution in [2.75, 3.05) is 13.2 Å². The van der Waals surface area contributed by atoms with E-state index >= 15 is 0 Å². The van der Waals surface area contributed by atoms with Gasteiger partial charge in [0.25, 0.3) is 5.91 Å². The van der Waals surface area contributed by atoms with E-state index in [4.69, 9.17) is 4.74 Å². The highest BCUT2D eigenvalue weighted by atomic mass is 16.5. The molecule has 0 saturated carbocycles. The first-order valence-electron chi connectivity index (χ1n) is 8.38. The summed E-state index contributed by atoms with van der Waals surface area (Å²) in [5.41, 5.74) is 3.52. The molecule has 2 heterocycles. The van der Waals surface area contributed by atoms with Crippen molar-refractivity contribution in [3.8, 4) is 5.75 Å². The normalized spacial score (nSPS) is 14.4. The highest BCUT2D eigenvalue weighted by Gasteiger charge is 2.27. The first-order chi connectivity index (χ1) is 11.3. The molecule has 128 valence electrons. The molecule has 3 rings (SSSR count). The average molecular weight is 327 g/mol. The van der Waals surface area contributed by atoms with E-state index in [0.717, 1.165) is 17.7 Å². The summed E-state index contributed by atoms with van der Waals surface area (Å²) in [5.74, 6) is 0.747. The number of rotatable bonds is 3. The first-order valence-corrected chi connectivity index (χ1v) is 8.38. The van der Waals surface area contributed by atoms with Crippen LogP contribution < -0.4 is 4.74 Å². The lowest BCUT2D eigenvalue weighted by atomic mass is 10.0. The Hall–Kier alpha value is -2.30. The Bertz CT molecular complexity index is 726. The van der Waals surface area contributed by atoms with Crippen LogP contribution in [0.1, 0.15) is 37.6 Å². The van der Waals surface area contributed by atoms with Gasteiger partial charge in [-0.3, -0.25) is 9.48 Å². The van der Waals surface area contributed by atoms with Crippen LogP contribution in [0.15, 0.2) is 30.5 Å². The van der Waals surface area contributed by atoms with Crippen LogP contribution in [-0.4, -0.2) is 33.7 Å². The summed E-state index contributed by atoms with van der Waals surface area (Å²) >= 11 is 0. The van der Waals surface area contributed by atoms with Gasteiger partial charge in [-0.25, -0.2) is 0 Å². The lowest BCUT2D eigenvalue weighted by molar-refractivity contribution is -0.134. The maximum atomic E-state index is 12.4. The zero-order valence-corrected chi connectivity index (χ0v) is 14.9. The van der Waals surface area contributed by atoms with E-state index in [0.29, 0.717) is 13.1 Å². The smallest absolute Gasteiger partial charge is 0.260 e. The zero-order chi connectivity index (χ0) is 17.3. The SMILES string of the molecule is Cc1ccc(OCC(=O)N2CCc3c(cnn3C(C)(C)C)C2)cc1. The number of nitrogens with zero attached hydrogens (tertiary/aromatic N) is 3. The summed E-state index contributed by atoms with van der Waals surface area (Å²) in [7, 11) is 0. The Kier molecular flexibility index (Phi) is 4.35. The predicted molar refractivity (Wildman–Crippen MR) is 93.0 cm³/mol. The van der Waals surface area contributed by atoms with Crippen molar-refractivity contribution in [3.05, 3.63) is 47.3 Å². The number of benzene rings is 1. The monoisotopic (exact) mass is 327 g/mol. The Labute approximate surface area is 143 Å². The Morgan fingerprint density at radius 2 is 1.96 bits per heavy atom. The highest BCUT2D eigenvalue weighted by Crippen LogP contribution is 2.24. The maximum Gasteiger partial charge on any atom is 0.260 e. The lowest BCUT2D eigenvalue weighted by Crippen LogP contribution is -2.40. The maximum absolute atomic E-state index is 12.4. The van der Waals surface area contributed by atoms with Gasteiger partial charge in [0.05, 0.1) is 11.7 Å². The molecule has 0 fully saturated rings. The quantitative estimate of drug-likeness (QED) is 0.871. The van der Waals surface area contributed by atoms with Crippen LogP contribution in [0, 0.1) is 6.92 Å². The fourth-order valence-corrected chi connectivity index (χ4v) is 2.99. The minimum atomic E-state index is -0.0334. The molecule has 5 nitrogen and oxygen atoms in total. The Balaban J connectivity index is 1.62. The molecule has 0 unspecified atom stereocenters. The molecule has 24 heavy (non-hydrogen) atoms. The van der Waals surface area contributed by atoms with Crippen LogP contribution in [-0.2, 0) is 23.3 Å². The van der Waals surface area contributed by atoms with Crippen molar-refractivity contribution < 1.29 is 9.53 Å². The number of aryl methyl sites for hydroxylation is 1. The van der Waals surface area contributed by atoms with E-state index in [2.05, 4.69) is 30.6 Å². The standard InChI is InChI=1S/C19H25N3O2/c1-14-5-7-16(8-6-14)24-13-18(23)21-10-9-17-15(12-21)11-20-22(17)19(2,3)4/h5-8,11H,9-10,12-13H2,1-4H3. The largest absolute Gasteiger partial charge is 0.484 e. The van der Waals surface area contributed by atoms with Crippen molar-refractivity contribution in [2.45, 2.75) is 46.2 Å². The zero-order valence-electron chi connectivity index (χ0n) is 14.9. The van der Waals surface area contributed by atoms with Crippen LogP contribution in [0.5, 0.6) is 5.75 Å². The molecule has 1 aliphatic rings. The van der Waals surface area contributed by atoms with Crippen LogP contribution in [0.25, 0.3) is 0 Å². The summed E-state index contributed by atoms with van der Waals surface area (Å²) in [6, 6.07) is 7.75. The summed E-state index contributed by atoms with van der Waals surface area (Å²) < 4.78 is 7.69. The minimum absolute atomic E-state index is 0.0183. The number of ether oxygens (including phenoxy) is 1. The van der Waals surface area contributed by atoms with Crippen LogP contribution >= 0.6 is 0 Å². The predicted octanol–water partition coefficient (Wildman–Crippen LogP) is 2.91. The van der Waals surface area contributed by atoms with Crippen molar-refractivity contribution in [1.82, 2.24) is 14.7 Å². The van der Waals surface area contributed by atoms with Gasteiger partial charge in [0.15, 0.2) is 6.61 Å². The summed E-state index contributed by atoms with van der Waals surface area (Å²) in [5, 5.41) is 4.51. The number of hydrogen-bond donors (Lipinski definition) is 0. The number of hydrogen-bond acceptors (Lipinski definition) is 3. The van der Waals surface area contributed by atoms with E-state index in [1.807, 2.05) is 42.3 Å². The molecule has 0 bridgehead atoms. The first kappa shape index (κ1) is 16.6. The molecule has 1 amide bonds. The van der Waals surface area contributed by atoms with Crippen LogP contribution in [0.2, 0.25) is 0 Å². The van der Waals surface area contributed by atoms with Gasteiger partial charge < -0.3 is 9.64 Å². The van der Waals surface area contributed by atoms with Gasteiger partial charge in [-0.15, -0.1) is 0 Å². The molecule has 0 atom stereocenters. The average Bonchev–Trinajstić information content (AvgIpc) is 2.97. The molecular formula is C19H25N3O2. The van der Waals surface area contributed by atoms with Crippen LogP contribution in [0.4, 0.5) is 0 Å². The third kappa shape index (κ3) is 3.45. The second kappa shape index (κ2) is 6.30. The molecule has 1 aromatic carbocycles. The molecular weight excluding hydrogens is 302 g/mol. The number of carbonyl (C=O) groups excluding carboxylic acids is 1. The van der Waals surface area contributed by atoms with Crippen LogP contribution in [0.3, 0.4) is 0 Å². The third-order valence-electron chi connectivity index (χ3n) is 4.31. The molecule has 5 heteroatoms. The van der Waals surface area contributed by atoms with E-state index < -0.39 is 0 Å². The van der Waals surface area contributed by atoms with E-state index in [1.165, 1.54) is 11.3 Å². The molecule has 0 N–H and O–H groups in total. The molecule has 0 radical (unpaired) electrons. The number of aromatic nitrogens is 2. The number of amides is 1. The number of fused-ring (bicyclic) bond motifs is 1. The lowest BCUT2D eigenvalue weighted by Gasteiger charge is -2.30. The topological polar surface area (TPSA) is 47.4 Å². The molecule has 2 aromatic rings. The Morgan fingerprint density at radius 1 is 1.25 bits per heavy atom. The fourth-order valence-electron chi connectivity index (χ4n) is 2.99. The van der Waals surface area contributed by atoms with E-state index in [-0.39, 0.29) is 18.1 Å². The van der Waals surface area contributed by atoms with Gasteiger partial charge in [-0.1, -0.05) is 17.7 Å². The Morgan fingerprint density at radius 3 is 2.62 bits per heavy atom. The molecule has 0 aliphatic carbocycles. The van der Waals surface area contributed by atoms with E-state index in [1.54, 1.807) is 0 Å². The van der Waals surface area contributed by atoms with E-state index in [9.17, 15) is 4.79 Å². The summed E-state index contributed by atoms with van der Waals surface area (Å²) in [6.07, 6.45) is 2.73. The molecule has 0 spiro atoms. The van der Waals surface area contributed by atoms with Crippen molar-refractivity contribution in [2.24, 2.45) is 0 Å². The molecule has 0 saturated heterocycles. The van der Waals surface area contributed by atoms with Crippen molar-refractivity contribution in [3.63, 3.8) is 0 Å². The van der Waals surface area contributed by atoms with Gasteiger partial charge >= 0.3 is 0 Å².